The number of halogens is 3. The Morgan fingerprint density at radius 3 is 1.74 bits per heavy atom. The van der Waals surface area contributed by atoms with E-state index in [4.69, 9.17) is 10.0 Å². The minimum absolute atomic E-state index is 0.212. The van der Waals surface area contributed by atoms with Gasteiger partial charge in [0, 0.05) is 32.9 Å². The zero-order valence-corrected chi connectivity index (χ0v) is 23.5. The fraction of sp³-hybridized carbons (Fsp3) is 0.133. The van der Waals surface area contributed by atoms with Gasteiger partial charge in [-0.2, -0.15) is 0 Å². The third-order valence-electron chi connectivity index (χ3n) is 6.42. The Morgan fingerprint density at radius 2 is 1.16 bits per heavy atom. The lowest BCUT2D eigenvalue weighted by Crippen LogP contribution is -2.29. The molecule has 2 N–H and O–H groups in total. The van der Waals surface area contributed by atoms with Crippen molar-refractivity contribution in [2.24, 2.45) is 0 Å². The molecule has 0 saturated heterocycles. The first-order valence-corrected chi connectivity index (χ1v) is 13.7. The summed E-state index contributed by atoms with van der Waals surface area (Å²) in [5, 5.41) is 17.3. The van der Waals surface area contributed by atoms with E-state index in [1.807, 2.05) is 36.4 Å². The van der Waals surface area contributed by atoms with Crippen molar-refractivity contribution < 1.29 is 24.0 Å². The Balaban J connectivity index is 0.000000140. The maximum atomic E-state index is 12.9. The number of benzene rings is 4. The van der Waals surface area contributed by atoms with E-state index in [0.29, 0.717) is 18.3 Å². The Bertz CT molecular complexity index is 1450. The molecule has 0 atom stereocenters. The molecule has 0 aromatic heterocycles. The quantitative estimate of drug-likeness (QED) is 0.252. The molecule has 0 fully saturated rings. The van der Waals surface area contributed by atoms with Crippen LogP contribution in [0.3, 0.4) is 0 Å². The number of hydrogen-bond acceptors (Lipinski definition) is 4. The smallest absolute Gasteiger partial charge is 0.423 e. The van der Waals surface area contributed by atoms with E-state index in [1.54, 1.807) is 36.4 Å². The largest absolute Gasteiger partial charge is 0.488 e. The van der Waals surface area contributed by atoms with E-state index in [1.165, 1.54) is 17.7 Å². The van der Waals surface area contributed by atoms with E-state index in [0.717, 1.165) is 49.6 Å². The second kappa shape index (κ2) is 12.8. The van der Waals surface area contributed by atoms with Gasteiger partial charge in [0.05, 0.1) is 0 Å². The van der Waals surface area contributed by atoms with Gasteiger partial charge in [0.1, 0.15) is 5.82 Å². The Kier molecular flexibility index (Phi) is 9.44. The molecule has 192 valence electrons. The van der Waals surface area contributed by atoms with Crippen LogP contribution < -0.4 is 5.46 Å². The molecule has 0 unspecified atom stereocenters. The highest BCUT2D eigenvalue weighted by molar-refractivity contribution is 9.10. The lowest BCUT2D eigenvalue weighted by Gasteiger charge is -2.07. The minimum atomic E-state index is -1.37. The van der Waals surface area contributed by atoms with Crippen molar-refractivity contribution in [2.75, 3.05) is 0 Å². The first-order chi connectivity index (χ1) is 18.2. The first-order valence-electron chi connectivity index (χ1n) is 12.1. The monoisotopic (exact) mass is 636 g/mol. The zero-order chi connectivity index (χ0) is 27.2. The number of ketones is 2. The van der Waals surface area contributed by atoms with Crippen molar-refractivity contribution >= 4 is 56.0 Å². The van der Waals surface area contributed by atoms with Crippen molar-refractivity contribution in [2.45, 2.75) is 25.7 Å². The number of carbonyl (C=O) groups excluding carboxylic acids is 2. The average Bonchev–Trinajstić information content (AvgIpc) is 3.49. The molecule has 4 nitrogen and oxygen atoms in total. The van der Waals surface area contributed by atoms with Crippen molar-refractivity contribution in [3.63, 3.8) is 0 Å². The van der Waals surface area contributed by atoms with E-state index >= 15 is 0 Å². The molecule has 6 rings (SSSR count). The lowest BCUT2D eigenvalue weighted by atomic mass is 9.81. The Labute approximate surface area is 237 Å². The molecule has 8 heteroatoms. The fourth-order valence-corrected chi connectivity index (χ4v) is 5.30. The lowest BCUT2D eigenvalue weighted by molar-refractivity contribution is 0.0986. The molecule has 0 saturated carbocycles. The Morgan fingerprint density at radius 1 is 0.632 bits per heavy atom. The molecule has 0 heterocycles. The van der Waals surface area contributed by atoms with Gasteiger partial charge in [-0.25, -0.2) is 4.39 Å². The summed E-state index contributed by atoms with van der Waals surface area (Å²) < 4.78 is 14.9. The molecule has 0 aliphatic heterocycles. The van der Waals surface area contributed by atoms with Crippen molar-refractivity contribution in [3.05, 3.63) is 122 Å². The van der Waals surface area contributed by atoms with Crippen LogP contribution >= 0.6 is 31.9 Å². The number of fused-ring (bicyclic) bond motifs is 2. The molecule has 0 radical (unpaired) electrons. The molecular formula is C30H24BBr2FO4. The molecule has 4 aromatic carbocycles. The fourth-order valence-electron chi connectivity index (χ4n) is 4.47. The topological polar surface area (TPSA) is 74.6 Å². The van der Waals surface area contributed by atoms with E-state index < -0.39 is 7.12 Å². The molecule has 2 aliphatic carbocycles. The third kappa shape index (κ3) is 6.74. The minimum Gasteiger partial charge on any atom is -0.423 e. The highest BCUT2D eigenvalue weighted by Gasteiger charge is 2.22. The first kappa shape index (κ1) is 28.1. The van der Waals surface area contributed by atoms with Crippen LogP contribution in [0.4, 0.5) is 4.39 Å². The second-order valence-corrected chi connectivity index (χ2v) is 10.6. The highest BCUT2D eigenvalue weighted by atomic mass is 79.9. The van der Waals surface area contributed by atoms with Crippen molar-refractivity contribution in [1.82, 2.24) is 0 Å². The maximum absolute atomic E-state index is 12.9. The van der Waals surface area contributed by atoms with Gasteiger partial charge >= 0.3 is 7.12 Å². The van der Waals surface area contributed by atoms with E-state index in [-0.39, 0.29) is 17.4 Å². The van der Waals surface area contributed by atoms with Gasteiger partial charge < -0.3 is 10.0 Å². The number of rotatable bonds is 2. The van der Waals surface area contributed by atoms with Gasteiger partial charge in [0.15, 0.2) is 11.6 Å². The van der Waals surface area contributed by atoms with Crippen LogP contribution in [-0.2, 0) is 12.8 Å². The van der Waals surface area contributed by atoms with Gasteiger partial charge in [-0.3, -0.25) is 9.59 Å². The van der Waals surface area contributed by atoms with Gasteiger partial charge in [-0.1, -0.05) is 86.5 Å². The van der Waals surface area contributed by atoms with Crippen molar-refractivity contribution in [1.29, 1.82) is 0 Å². The molecule has 0 bridgehead atoms. The van der Waals surface area contributed by atoms with Gasteiger partial charge in [-0.15, -0.1) is 0 Å². The standard InChI is InChI=1S/C15H11FO.C9H7BrO.C6H6BBrO2/c16-11-6-4-10(5-7-11)12-2-1-3-14-13(12)8-9-15(14)17;10-8-3-1-2-7-6(8)4-5-9(7)11;8-6-3-1-5(2-4-6)7(9)10/h1-7H,8-9H2;1-3H,4-5H2;1-4,9-10H. The van der Waals surface area contributed by atoms with Crippen LogP contribution in [0, 0.1) is 5.82 Å². The average molecular weight is 638 g/mol. The number of Topliss-reactive ketones (excluding diaryl/α,β-unsaturated/α-hetero) is 2. The summed E-state index contributed by atoms with van der Waals surface area (Å²) in [5.41, 5.74) is 6.53. The van der Waals surface area contributed by atoms with Crippen LogP contribution in [0.15, 0.2) is 93.9 Å². The van der Waals surface area contributed by atoms with E-state index in [2.05, 4.69) is 31.9 Å². The Hall–Kier alpha value is -2.91. The van der Waals surface area contributed by atoms with Crippen LogP contribution in [0.5, 0.6) is 0 Å². The number of hydrogen-bond donors (Lipinski definition) is 2. The molecular weight excluding hydrogens is 614 g/mol. The molecule has 0 spiro atoms. The third-order valence-corrected chi connectivity index (χ3v) is 7.69. The predicted octanol–water partition coefficient (Wildman–Crippen LogP) is 6.33. The van der Waals surface area contributed by atoms with Gasteiger partial charge in [0.25, 0.3) is 0 Å². The van der Waals surface area contributed by atoms with Crippen molar-refractivity contribution in [3.8, 4) is 11.1 Å². The second-order valence-electron chi connectivity index (χ2n) is 8.88. The van der Waals surface area contributed by atoms with Crippen LogP contribution in [0.1, 0.15) is 44.7 Å². The zero-order valence-electron chi connectivity index (χ0n) is 20.3. The molecule has 2 aliphatic rings. The highest BCUT2D eigenvalue weighted by Crippen LogP contribution is 2.32. The van der Waals surface area contributed by atoms with E-state index in [9.17, 15) is 14.0 Å². The summed E-state index contributed by atoms with van der Waals surface area (Å²) in [6.07, 6.45) is 2.96. The predicted molar refractivity (Wildman–Crippen MR) is 155 cm³/mol. The SMILES string of the molecule is O=C1CCc2c(Br)cccc21.O=C1CCc2c1cccc2-c1ccc(F)cc1.OB(O)c1ccc(Br)cc1. The van der Waals surface area contributed by atoms with Gasteiger partial charge in [-0.05, 0) is 70.9 Å². The summed E-state index contributed by atoms with van der Waals surface area (Å²) in [5.74, 6) is 0.252. The summed E-state index contributed by atoms with van der Waals surface area (Å²) >= 11 is 6.65. The normalized spacial score (nSPS) is 13.1. The number of carbonyl (C=O) groups is 2. The molecule has 0 amide bonds. The summed E-state index contributed by atoms with van der Waals surface area (Å²) in [7, 11) is -1.37. The van der Waals surface area contributed by atoms with Crippen LogP contribution in [0.25, 0.3) is 11.1 Å². The maximum Gasteiger partial charge on any atom is 0.488 e. The molecule has 4 aromatic rings. The van der Waals surface area contributed by atoms with Crippen LogP contribution in [0.2, 0.25) is 0 Å². The summed E-state index contributed by atoms with van der Waals surface area (Å²) in [6, 6.07) is 24.8. The van der Waals surface area contributed by atoms with Gasteiger partial charge in [0.2, 0.25) is 0 Å². The molecule has 38 heavy (non-hydrogen) atoms. The summed E-state index contributed by atoms with van der Waals surface area (Å²) in [6.45, 7) is 0. The van der Waals surface area contributed by atoms with Crippen LogP contribution in [-0.4, -0.2) is 28.7 Å². The summed E-state index contributed by atoms with van der Waals surface area (Å²) in [4.78, 5) is 22.8.